The Hall–Kier alpha value is -0.650. The highest BCUT2D eigenvalue weighted by molar-refractivity contribution is 6.17. The number of aromatic nitrogens is 3. The number of hydrogen-bond donors (Lipinski definition) is 0. The quantitative estimate of drug-likeness (QED) is 0.714. The fourth-order valence-electron chi connectivity index (χ4n) is 2.13. The highest BCUT2D eigenvalue weighted by Crippen LogP contribution is 2.02. The first-order chi connectivity index (χ1) is 8.78. The topological polar surface area (TPSA) is 37.2 Å². The van der Waals surface area contributed by atoms with E-state index in [9.17, 15) is 0 Å². The van der Waals surface area contributed by atoms with Crippen molar-refractivity contribution in [2.45, 2.75) is 19.4 Å². The Morgan fingerprint density at radius 2 is 2.00 bits per heavy atom. The van der Waals surface area contributed by atoms with Crippen molar-refractivity contribution < 1.29 is 0 Å². The van der Waals surface area contributed by atoms with Crippen molar-refractivity contribution in [2.24, 2.45) is 0 Å². The molecule has 0 aromatic carbocycles. The summed E-state index contributed by atoms with van der Waals surface area (Å²) >= 11 is 5.67. The van der Waals surface area contributed by atoms with Gasteiger partial charge in [0.2, 0.25) is 0 Å². The summed E-state index contributed by atoms with van der Waals surface area (Å²) in [7, 11) is 2.18. The Morgan fingerprint density at radius 3 is 2.72 bits per heavy atom. The van der Waals surface area contributed by atoms with Gasteiger partial charge in [-0.25, -0.2) is 0 Å². The van der Waals surface area contributed by atoms with Gasteiger partial charge in [-0.2, -0.15) is 0 Å². The molecule has 0 N–H and O–H groups in total. The highest BCUT2D eigenvalue weighted by Gasteiger charge is 2.13. The van der Waals surface area contributed by atoms with Crippen LogP contribution in [0.3, 0.4) is 0 Å². The van der Waals surface area contributed by atoms with Gasteiger partial charge in [-0.1, -0.05) is 5.21 Å². The molecule has 0 bridgehead atoms. The van der Waals surface area contributed by atoms with Crippen LogP contribution in [-0.4, -0.2) is 70.4 Å². The lowest BCUT2D eigenvalue weighted by Crippen LogP contribution is -2.45. The van der Waals surface area contributed by atoms with Crippen molar-refractivity contribution >= 4 is 11.6 Å². The lowest BCUT2D eigenvalue weighted by molar-refractivity contribution is 0.148. The van der Waals surface area contributed by atoms with Crippen molar-refractivity contribution in [1.82, 2.24) is 24.8 Å². The van der Waals surface area contributed by atoms with Crippen LogP contribution in [0.25, 0.3) is 0 Å². The maximum Gasteiger partial charge on any atom is 0.0827 e. The SMILES string of the molecule is CN1CCN(CCn2cc(CCCCl)nn2)CC1. The number of piperazine rings is 1. The number of rotatable bonds is 6. The van der Waals surface area contributed by atoms with Crippen LogP contribution < -0.4 is 0 Å². The predicted molar refractivity (Wildman–Crippen MR) is 73.0 cm³/mol. The molecule has 1 aromatic heterocycles. The van der Waals surface area contributed by atoms with E-state index >= 15 is 0 Å². The van der Waals surface area contributed by atoms with Gasteiger partial charge in [-0.3, -0.25) is 9.58 Å². The number of alkyl halides is 1. The molecule has 0 atom stereocenters. The van der Waals surface area contributed by atoms with Crippen LogP contribution in [0.4, 0.5) is 0 Å². The van der Waals surface area contributed by atoms with E-state index < -0.39 is 0 Å². The van der Waals surface area contributed by atoms with Crippen LogP contribution in [0.5, 0.6) is 0 Å². The minimum atomic E-state index is 0.689. The maximum atomic E-state index is 5.67. The van der Waals surface area contributed by atoms with Gasteiger partial charge in [0.1, 0.15) is 0 Å². The number of aryl methyl sites for hydroxylation is 1. The van der Waals surface area contributed by atoms with E-state index in [-0.39, 0.29) is 0 Å². The second-order valence-electron chi connectivity index (χ2n) is 4.91. The van der Waals surface area contributed by atoms with Crippen molar-refractivity contribution in [1.29, 1.82) is 0 Å². The normalized spacial score (nSPS) is 18.3. The molecule has 1 saturated heterocycles. The van der Waals surface area contributed by atoms with E-state index in [1.165, 1.54) is 13.1 Å². The first kappa shape index (κ1) is 13.8. The van der Waals surface area contributed by atoms with Gasteiger partial charge in [0.15, 0.2) is 0 Å². The fraction of sp³-hybridized carbons (Fsp3) is 0.833. The molecule has 1 fully saturated rings. The van der Waals surface area contributed by atoms with E-state index in [1.54, 1.807) is 0 Å². The number of likely N-dealkylation sites (N-methyl/N-ethyl adjacent to an activating group) is 1. The average molecular weight is 272 g/mol. The average Bonchev–Trinajstić information content (AvgIpc) is 2.84. The Morgan fingerprint density at radius 1 is 1.22 bits per heavy atom. The van der Waals surface area contributed by atoms with E-state index in [1.807, 2.05) is 10.9 Å². The zero-order chi connectivity index (χ0) is 12.8. The van der Waals surface area contributed by atoms with Gasteiger partial charge in [-0.15, -0.1) is 16.7 Å². The molecule has 2 rings (SSSR count). The van der Waals surface area contributed by atoms with Crippen LogP contribution >= 0.6 is 11.6 Å². The smallest absolute Gasteiger partial charge is 0.0827 e. The Bertz CT molecular complexity index is 346. The van der Waals surface area contributed by atoms with Gasteiger partial charge in [-0.05, 0) is 19.9 Å². The molecule has 0 spiro atoms. The summed E-state index contributed by atoms with van der Waals surface area (Å²) in [6.07, 6.45) is 3.94. The highest BCUT2D eigenvalue weighted by atomic mass is 35.5. The molecule has 6 heteroatoms. The molecule has 0 radical (unpaired) electrons. The lowest BCUT2D eigenvalue weighted by atomic mass is 10.3. The van der Waals surface area contributed by atoms with E-state index in [2.05, 4.69) is 27.2 Å². The zero-order valence-electron chi connectivity index (χ0n) is 11.1. The van der Waals surface area contributed by atoms with Crippen LogP contribution in [-0.2, 0) is 13.0 Å². The number of halogens is 1. The second-order valence-corrected chi connectivity index (χ2v) is 5.29. The molecule has 0 saturated carbocycles. The molecule has 102 valence electrons. The summed E-state index contributed by atoms with van der Waals surface area (Å²) in [5, 5.41) is 8.31. The first-order valence-corrected chi connectivity index (χ1v) is 7.17. The predicted octanol–water partition coefficient (Wildman–Crippen LogP) is 0.697. The molecule has 0 amide bonds. The van der Waals surface area contributed by atoms with Crippen LogP contribution in [0.15, 0.2) is 6.20 Å². The van der Waals surface area contributed by atoms with Gasteiger partial charge in [0.05, 0.1) is 12.2 Å². The molecule has 0 aliphatic carbocycles. The second kappa shape index (κ2) is 7.07. The van der Waals surface area contributed by atoms with Gasteiger partial charge in [0, 0.05) is 44.8 Å². The summed E-state index contributed by atoms with van der Waals surface area (Å²) in [6.45, 7) is 6.63. The third-order valence-electron chi connectivity index (χ3n) is 3.39. The van der Waals surface area contributed by atoms with Gasteiger partial charge in [0.25, 0.3) is 0 Å². The third kappa shape index (κ3) is 4.23. The molecular weight excluding hydrogens is 250 g/mol. The van der Waals surface area contributed by atoms with E-state index in [0.717, 1.165) is 44.7 Å². The van der Waals surface area contributed by atoms with Crippen LogP contribution in [0.1, 0.15) is 12.1 Å². The Balaban J connectivity index is 1.71. The van der Waals surface area contributed by atoms with Gasteiger partial charge < -0.3 is 4.90 Å². The third-order valence-corrected chi connectivity index (χ3v) is 3.66. The fourth-order valence-corrected chi connectivity index (χ4v) is 2.26. The van der Waals surface area contributed by atoms with Crippen LogP contribution in [0.2, 0.25) is 0 Å². The summed E-state index contributed by atoms with van der Waals surface area (Å²) in [4.78, 5) is 4.86. The van der Waals surface area contributed by atoms with Crippen molar-refractivity contribution in [3.63, 3.8) is 0 Å². The van der Waals surface area contributed by atoms with E-state index in [4.69, 9.17) is 11.6 Å². The van der Waals surface area contributed by atoms with Crippen molar-refractivity contribution in [2.75, 3.05) is 45.7 Å². The van der Waals surface area contributed by atoms with Crippen molar-refractivity contribution in [3.8, 4) is 0 Å². The molecule has 18 heavy (non-hydrogen) atoms. The molecular formula is C12H22ClN5. The van der Waals surface area contributed by atoms with Crippen LogP contribution in [0, 0.1) is 0 Å². The summed E-state index contributed by atoms with van der Waals surface area (Å²) in [6, 6.07) is 0. The number of nitrogens with zero attached hydrogens (tertiary/aromatic N) is 5. The Labute approximate surface area is 114 Å². The minimum Gasteiger partial charge on any atom is -0.304 e. The summed E-state index contributed by atoms with van der Waals surface area (Å²) < 4.78 is 1.95. The lowest BCUT2D eigenvalue weighted by Gasteiger charge is -2.32. The maximum absolute atomic E-state index is 5.67. The standard InChI is InChI=1S/C12H22ClN5/c1-16-5-7-17(8-6-16)9-10-18-11-12(14-15-18)3-2-4-13/h11H,2-10H2,1H3. The molecule has 2 heterocycles. The molecule has 5 nitrogen and oxygen atoms in total. The van der Waals surface area contributed by atoms with E-state index in [0.29, 0.717) is 5.88 Å². The first-order valence-electron chi connectivity index (χ1n) is 6.64. The molecule has 0 unspecified atom stereocenters. The molecule has 1 aliphatic rings. The molecule has 1 aliphatic heterocycles. The number of hydrogen-bond acceptors (Lipinski definition) is 4. The van der Waals surface area contributed by atoms with Crippen molar-refractivity contribution in [3.05, 3.63) is 11.9 Å². The Kier molecular flexibility index (Phi) is 5.41. The monoisotopic (exact) mass is 271 g/mol. The summed E-state index contributed by atoms with van der Waals surface area (Å²) in [5.74, 6) is 0.689. The zero-order valence-corrected chi connectivity index (χ0v) is 11.8. The summed E-state index contributed by atoms with van der Waals surface area (Å²) in [5.41, 5.74) is 1.05. The van der Waals surface area contributed by atoms with Gasteiger partial charge >= 0.3 is 0 Å². The minimum absolute atomic E-state index is 0.689. The largest absolute Gasteiger partial charge is 0.304 e. The molecule has 1 aromatic rings.